The van der Waals surface area contributed by atoms with Gasteiger partial charge in [-0.15, -0.1) is 18.9 Å². The van der Waals surface area contributed by atoms with Crippen LogP contribution in [-0.2, 0) is 29.0 Å². The van der Waals surface area contributed by atoms with Gasteiger partial charge in [0.05, 0.1) is 17.0 Å². The molecule has 2 unspecified atom stereocenters. The largest absolute Gasteiger partial charge is 0.346 e. The van der Waals surface area contributed by atoms with Gasteiger partial charge < -0.3 is 20.9 Å². The highest BCUT2D eigenvalue weighted by Crippen LogP contribution is 2.65. The SMILES string of the molecule is C#CCCC(=NC(=O)[C@@H]1C2C(CN1C(=O)[C@@H](NC(=O)NC1(CS(=O)(=O)c3ccccn3)CCCCC1)C(C)(C)C)C2(C)C)C(=O)C(=O)NCC=C. The molecule has 1 aliphatic heterocycles. The molecule has 0 aromatic carbocycles. The van der Waals surface area contributed by atoms with E-state index in [1.807, 2.05) is 13.8 Å². The topological polar surface area (TPSA) is 184 Å². The Morgan fingerprint density at radius 2 is 1.84 bits per heavy atom. The summed E-state index contributed by atoms with van der Waals surface area (Å²) in [6, 6.07) is 1.80. The average Bonchev–Trinajstić information content (AvgIpc) is 3.38. The van der Waals surface area contributed by atoms with Gasteiger partial charge in [-0.2, -0.15) is 0 Å². The Kier molecular flexibility index (Phi) is 12.0. The normalized spacial score (nSPS) is 22.8. The van der Waals surface area contributed by atoms with Gasteiger partial charge in [0.15, 0.2) is 14.9 Å². The van der Waals surface area contributed by atoms with E-state index < -0.39 is 62.4 Å². The number of rotatable bonds is 13. The molecule has 3 fully saturated rings. The van der Waals surface area contributed by atoms with Gasteiger partial charge in [-0.05, 0) is 47.6 Å². The molecule has 0 bridgehead atoms. The summed E-state index contributed by atoms with van der Waals surface area (Å²) in [7, 11) is -3.85. The average molecular weight is 723 g/mol. The highest BCUT2D eigenvalue weighted by Gasteiger charge is 2.70. The molecular weight excluding hydrogens is 673 g/mol. The number of fused-ring (bicyclic) bond motifs is 1. The predicted molar refractivity (Wildman–Crippen MR) is 192 cm³/mol. The Morgan fingerprint density at radius 1 is 1.16 bits per heavy atom. The van der Waals surface area contributed by atoms with Gasteiger partial charge in [-0.1, -0.05) is 66.0 Å². The summed E-state index contributed by atoms with van der Waals surface area (Å²) in [6.45, 7) is 13.1. The first-order chi connectivity index (χ1) is 23.9. The van der Waals surface area contributed by atoms with E-state index in [-0.39, 0.29) is 59.7 Å². The number of hydrogen-bond donors (Lipinski definition) is 3. The molecule has 14 heteroatoms. The van der Waals surface area contributed by atoms with Gasteiger partial charge in [0.1, 0.15) is 12.1 Å². The first-order valence-corrected chi connectivity index (χ1v) is 19.0. The summed E-state index contributed by atoms with van der Waals surface area (Å²) in [6.07, 6.45) is 11.4. The Balaban J connectivity index is 1.59. The minimum Gasteiger partial charge on any atom is -0.346 e. The summed E-state index contributed by atoms with van der Waals surface area (Å²) in [4.78, 5) is 77.2. The Bertz CT molecular complexity index is 1720. The van der Waals surface area contributed by atoms with Crippen LogP contribution in [0.15, 0.2) is 47.1 Å². The quantitative estimate of drug-likeness (QED) is 0.120. The molecule has 5 amide bonds. The molecule has 2 saturated carbocycles. The van der Waals surface area contributed by atoms with Crippen molar-refractivity contribution in [2.45, 2.75) is 102 Å². The van der Waals surface area contributed by atoms with Gasteiger partial charge in [0, 0.05) is 32.1 Å². The molecule has 2 heterocycles. The van der Waals surface area contributed by atoms with Crippen LogP contribution in [0, 0.1) is 35.0 Å². The number of hydrogen-bond acceptors (Lipinski definition) is 8. The maximum absolute atomic E-state index is 14.4. The van der Waals surface area contributed by atoms with Crippen LogP contribution in [0.2, 0.25) is 0 Å². The van der Waals surface area contributed by atoms with Crippen LogP contribution in [-0.4, -0.2) is 90.0 Å². The number of carbonyl (C=O) groups is 5. The third-order valence-corrected chi connectivity index (χ3v) is 12.2. The van der Waals surface area contributed by atoms with Gasteiger partial charge in [0.2, 0.25) is 5.91 Å². The van der Waals surface area contributed by atoms with Crippen LogP contribution in [0.5, 0.6) is 0 Å². The van der Waals surface area contributed by atoms with E-state index in [1.165, 1.54) is 23.2 Å². The number of nitrogens with zero attached hydrogens (tertiary/aromatic N) is 3. The minimum atomic E-state index is -3.85. The van der Waals surface area contributed by atoms with E-state index in [4.69, 9.17) is 6.42 Å². The number of ketones is 1. The van der Waals surface area contributed by atoms with Gasteiger partial charge in [-0.3, -0.25) is 19.2 Å². The Hall–Kier alpha value is -4.38. The molecule has 4 atom stereocenters. The number of amides is 5. The Labute approximate surface area is 300 Å². The van der Waals surface area contributed by atoms with Crippen molar-refractivity contribution in [1.82, 2.24) is 25.8 Å². The van der Waals surface area contributed by atoms with Crippen LogP contribution in [0.25, 0.3) is 0 Å². The lowest BCUT2D eigenvalue weighted by molar-refractivity contribution is -0.142. The van der Waals surface area contributed by atoms with Crippen molar-refractivity contribution in [2.24, 2.45) is 27.7 Å². The van der Waals surface area contributed by atoms with Crippen LogP contribution in [0.4, 0.5) is 4.79 Å². The zero-order chi connectivity index (χ0) is 37.8. The molecule has 3 aliphatic rings. The second kappa shape index (κ2) is 15.5. The van der Waals surface area contributed by atoms with Crippen molar-refractivity contribution < 1.29 is 32.4 Å². The number of likely N-dealkylation sites (tertiary alicyclic amines) is 1. The fraction of sp³-hybridized carbons (Fsp3) is 0.595. The van der Waals surface area contributed by atoms with E-state index in [0.717, 1.165) is 19.3 Å². The summed E-state index contributed by atoms with van der Waals surface area (Å²) in [5.74, 6) is -1.41. The number of piperidine rings is 1. The third kappa shape index (κ3) is 8.92. The van der Waals surface area contributed by atoms with Crippen molar-refractivity contribution in [3.05, 3.63) is 37.1 Å². The lowest BCUT2D eigenvalue weighted by Crippen LogP contribution is -2.63. The second-order valence-electron chi connectivity index (χ2n) is 15.5. The van der Waals surface area contributed by atoms with E-state index >= 15 is 0 Å². The molecule has 0 radical (unpaired) electrons. The molecular formula is C37H50N6O7S. The Morgan fingerprint density at radius 3 is 2.43 bits per heavy atom. The third-order valence-electron chi connectivity index (χ3n) is 10.4. The number of aliphatic imine (C=N–C) groups is 1. The van der Waals surface area contributed by atoms with Crippen LogP contribution >= 0.6 is 0 Å². The van der Waals surface area contributed by atoms with Crippen molar-refractivity contribution in [1.29, 1.82) is 0 Å². The maximum atomic E-state index is 14.4. The van der Waals surface area contributed by atoms with Crippen LogP contribution < -0.4 is 16.0 Å². The molecule has 4 rings (SSSR count). The number of urea groups is 1. The van der Waals surface area contributed by atoms with Crippen LogP contribution in [0.1, 0.15) is 79.6 Å². The van der Waals surface area contributed by atoms with E-state index in [2.05, 4.69) is 38.4 Å². The number of aromatic nitrogens is 1. The van der Waals surface area contributed by atoms with Crippen molar-refractivity contribution in [3.8, 4) is 12.3 Å². The van der Waals surface area contributed by atoms with Gasteiger partial charge in [0.25, 0.3) is 17.6 Å². The molecule has 0 spiro atoms. The van der Waals surface area contributed by atoms with Crippen LogP contribution in [0.3, 0.4) is 0 Å². The first-order valence-electron chi connectivity index (χ1n) is 17.4. The summed E-state index contributed by atoms with van der Waals surface area (Å²) < 4.78 is 26.8. The molecule has 51 heavy (non-hydrogen) atoms. The highest BCUT2D eigenvalue weighted by atomic mass is 32.2. The molecule has 13 nitrogen and oxygen atoms in total. The first kappa shape index (κ1) is 39.4. The predicted octanol–water partition coefficient (Wildman–Crippen LogP) is 3.01. The summed E-state index contributed by atoms with van der Waals surface area (Å²) in [5, 5.41) is 8.09. The van der Waals surface area contributed by atoms with E-state index in [0.29, 0.717) is 12.8 Å². The van der Waals surface area contributed by atoms with E-state index in [1.54, 1.807) is 32.9 Å². The number of carbonyl (C=O) groups excluding carboxylic acids is 5. The minimum absolute atomic E-state index is 0.0249. The monoisotopic (exact) mass is 722 g/mol. The summed E-state index contributed by atoms with van der Waals surface area (Å²) >= 11 is 0. The second-order valence-corrected chi connectivity index (χ2v) is 17.4. The number of terminal acetylenes is 1. The van der Waals surface area contributed by atoms with Crippen molar-refractivity contribution in [3.63, 3.8) is 0 Å². The van der Waals surface area contributed by atoms with Crippen molar-refractivity contribution in [2.75, 3.05) is 18.8 Å². The number of Topliss-reactive ketones (excluding diaryl/α,β-unsaturated/α-hetero) is 1. The number of pyridine rings is 1. The highest BCUT2D eigenvalue weighted by molar-refractivity contribution is 7.91. The molecule has 1 saturated heterocycles. The molecule has 3 N–H and O–H groups in total. The van der Waals surface area contributed by atoms with Gasteiger partial charge in [-0.25, -0.2) is 23.2 Å². The molecule has 1 aromatic heterocycles. The molecule has 1 aromatic rings. The zero-order valence-corrected chi connectivity index (χ0v) is 31.0. The smallest absolute Gasteiger partial charge is 0.315 e. The van der Waals surface area contributed by atoms with Crippen molar-refractivity contribution >= 4 is 45.1 Å². The summed E-state index contributed by atoms with van der Waals surface area (Å²) in [5.41, 5.74) is -2.48. The zero-order valence-electron chi connectivity index (χ0n) is 30.2. The fourth-order valence-electron chi connectivity index (χ4n) is 7.51. The maximum Gasteiger partial charge on any atom is 0.315 e. The number of sulfone groups is 1. The fourth-order valence-corrected chi connectivity index (χ4v) is 9.25. The lowest BCUT2D eigenvalue weighted by Gasteiger charge is -2.40. The van der Waals surface area contributed by atoms with Gasteiger partial charge >= 0.3 is 6.03 Å². The lowest BCUT2D eigenvalue weighted by atomic mass is 9.83. The molecule has 276 valence electrons. The van der Waals surface area contributed by atoms with E-state index in [9.17, 15) is 32.4 Å². The molecule has 2 aliphatic carbocycles. The standard InChI is InChI=1S/C37H50N6O7S/c1-8-10-16-25(29(44)32(46)39-20-9-2)40-31(45)28-27-24(36(27,6)7)22-43(28)33(47)30(35(3,4)5)41-34(48)42-37(18-13-11-14-19-37)23-51(49,50)26-17-12-15-21-38-26/h1,9,12,15,17,21,24,27-28,30H,2,10-11,13-14,16,18-20,22-23H2,3-7H3,(H,39,46)(H2,41,42,48)/t24?,27?,28-,30+/m0/s1. The number of nitrogens with one attached hydrogen (secondary N) is 3.